The van der Waals surface area contributed by atoms with E-state index in [-0.39, 0.29) is 0 Å². The molecule has 0 unspecified atom stereocenters. The highest BCUT2D eigenvalue weighted by Gasteiger charge is 2.25. The number of nitrogens with zero attached hydrogens (tertiary/aromatic N) is 3. The van der Waals surface area contributed by atoms with Crippen molar-refractivity contribution < 1.29 is 5.11 Å². The van der Waals surface area contributed by atoms with E-state index in [4.69, 9.17) is 5.11 Å². The van der Waals surface area contributed by atoms with Crippen LogP contribution in [0.5, 0.6) is 0 Å². The molecule has 1 aliphatic rings. The smallest absolute Gasteiger partial charge is 0.113 e. The first-order chi connectivity index (χ1) is 7.85. The second-order valence-corrected chi connectivity index (χ2v) is 4.39. The number of likely N-dealkylation sites (tertiary alicyclic amines) is 1. The lowest BCUT2D eigenvalue weighted by molar-refractivity contribution is 0.0479. The lowest BCUT2D eigenvalue weighted by Gasteiger charge is -2.38. The van der Waals surface area contributed by atoms with Gasteiger partial charge in [-0.15, -0.1) is 0 Å². The Bertz CT molecular complexity index is 489. The Morgan fingerprint density at radius 3 is 2.94 bits per heavy atom. The molecular weight excluding hydrogens is 204 g/mol. The molecule has 2 heterocycles. The SMILES string of the molecule is OCC1CN(Cc2ccc3n[nH]nc3c2)C1. The zero-order valence-corrected chi connectivity index (χ0v) is 8.93. The fourth-order valence-electron chi connectivity index (χ4n) is 2.16. The number of aromatic nitrogens is 3. The molecule has 0 bridgehead atoms. The van der Waals surface area contributed by atoms with Crippen LogP contribution in [0.15, 0.2) is 18.2 Å². The van der Waals surface area contributed by atoms with Crippen molar-refractivity contribution in [1.82, 2.24) is 20.3 Å². The van der Waals surface area contributed by atoms with Crippen LogP contribution in [0.4, 0.5) is 0 Å². The minimum Gasteiger partial charge on any atom is -0.396 e. The van der Waals surface area contributed by atoms with Crippen molar-refractivity contribution in [2.45, 2.75) is 6.54 Å². The average molecular weight is 218 g/mol. The van der Waals surface area contributed by atoms with Crippen molar-refractivity contribution >= 4 is 11.0 Å². The molecule has 2 aromatic rings. The molecule has 3 rings (SSSR count). The van der Waals surface area contributed by atoms with Crippen molar-refractivity contribution in [3.8, 4) is 0 Å². The lowest BCUT2D eigenvalue weighted by atomic mass is 10.0. The lowest BCUT2D eigenvalue weighted by Crippen LogP contribution is -2.47. The number of nitrogens with one attached hydrogen (secondary N) is 1. The van der Waals surface area contributed by atoms with Crippen LogP contribution in [0.2, 0.25) is 0 Å². The number of aliphatic hydroxyl groups is 1. The highest BCUT2D eigenvalue weighted by molar-refractivity contribution is 5.74. The predicted molar refractivity (Wildman–Crippen MR) is 59.7 cm³/mol. The van der Waals surface area contributed by atoms with Crippen LogP contribution >= 0.6 is 0 Å². The van der Waals surface area contributed by atoms with E-state index < -0.39 is 0 Å². The zero-order chi connectivity index (χ0) is 11.0. The van der Waals surface area contributed by atoms with Gasteiger partial charge in [0.05, 0.1) is 0 Å². The molecule has 0 spiro atoms. The van der Waals surface area contributed by atoms with Gasteiger partial charge in [-0.25, -0.2) is 0 Å². The quantitative estimate of drug-likeness (QED) is 0.781. The van der Waals surface area contributed by atoms with Gasteiger partial charge in [0.2, 0.25) is 0 Å². The molecule has 1 aromatic heterocycles. The first kappa shape index (κ1) is 9.74. The number of fused-ring (bicyclic) bond motifs is 1. The molecule has 0 atom stereocenters. The van der Waals surface area contributed by atoms with E-state index in [1.165, 1.54) is 5.56 Å². The molecule has 1 fully saturated rings. The summed E-state index contributed by atoms with van der Waals surface area (Å²) in [4.78, 5) is 2.32. The molecule has 0 amide bonds. The summed E-state index contributed by atoms with van der Waals surface area (Å²) < 4.78 is 0. The number of aromatic amines is 1. The molecule has 5 nitrogen and oxygen atoms in total. The van der Waals surface area contributed by atoms with Crippen LogP contribution in [0.3, 0.4) is 0 Å². The molecule has 0 aliphatic carbocycles. The number of hydrogen-bond donors (Lipinski definition) is 2. The van der Waals surface area contributed by atoms with Gasteiger partial charge in [0.1, 0.15) is 11.0 Å². The van der Waals surface area contributed by atoms with Gasteiger partial charge in [-0.3, -0.25) is 4.90 Å². The van der Waals surface area contributed by atoms with Crippen molar-refractivity contribution in [2.75, 3.05) is 19.7 Å². The van der Waals surface area contributed by atoms with Gasteiger partial charge >= 0.3 is 0 Å². The van der Waals surface area contributed by atoms with Gasteiger partial charge in [-0.2, -0.15) is 15.4 Å². The second kappa shape index (κ2) is 3.84. The van der Waals surface area contributed by atoms with Crippen LogP contribution in [-0.4, -0.2) is 45.1 Å². The maximum absolute atomic E-state index is 8.93. The summed E-state index contributed by atoms with van der Waals surface area (Å²) in [6, 6.07) is 6.12. The van der Waals surface area contributed by atoms with Gasteiger partial charge in [-0.05, 0) is 17.7 Å². The van der Waals surface area contributed by atoms with Gasteiger partial charge in [0.25, 0.3) is 0 Å². The third-order valence-corrected chi connectivity index (χ3v) is 3.08. The molecule has 0 radical (unpaired) electrons. The molecule has 1 aromatic carbocycles. The topological polar surface area (TPSA) is 65.0 Å². The summed E-state index contributed by atoms with van der Waals surface area (Å²) in [5, 5.41) is 19.6. The summed E-state index contributed by atoms with van der Waals surface area (Å²) in [6.07, 6.45) is 0. The number of hydrogen-bond acceptors (Lipinski definition) is 4. The Labute approximate surface area is 93.1 Å². The minimum absolute atomic E-state index is 0.304. The number of rotatable bonds is 3. The largest absolute Gasteiger partial charge is 0.396 e. The first-order valence-corrected chi connectivity index (χ1v) is 5.48. The van der Waals surface area contributed by atoms with E-state index in [0.717, 1.165) is 30.7 Å². The summed E-state index contributed by atoms with van der Waals surface area (Å²) in [7, 11) is 0. The maximum atomic E-state index is 8.93. The summed E-state index contributed by atoms with van der Waals surface area (Å²) in [6.45, 7) is 3.22. The van der Waals surface area contributed by atoms with E-state index in [0.29, 0.717) is 12.5 Å². The molecule has 84 valence electrons. The minimum atomic E-state index is 0.304. The third-order valence-electron chi connectivity index (χ3n) is 3.08. The van der Waals surface area contributed by atoms with Gasteiger partial charge < -0.3 is 5.11 Å². The van der Waals surface area contributed by atoms with Gasteiger partial charge in [0, 0.05) is 32.2 Å². The van der Waals surface area contributed by atoms with E-state index in [1.807, 2.05) is 6.07 Å². The number of benzene rings is 1. The molecule has 5 heteroatoms. The number of H-pyrrole nitrogens is 1. The fraction of sp³-hybridized carbons (Fsp3) is 0.455. The third kappa shape index (κ3) is 1.68. The maximum Gasteiger partial charge on any atom is 0.113 e. The highest BCUT2D eigenvalue weighted by Crippen LogP contribution is 2.19. The summed E-state index contributed by atoms with van der Waals surface area (Å²) in [5.41, 5.74) is 3.06. The van der Waals surface area contributed by atoms with E-state index in [2.05, 4.69) is 32.4 Å². The van der Waals surface area contributed by atoms with E-state index in [1.54, 1.807) is 0 Å². The van der Waals surface area contributed by atoms with Crippen molar-refractivity contribution in [3.63, 3.8) is 0 Å². The van der Waals surface area contributed by atoms with Crippen molar-refractivity contribution in [1.29, 1.82) is 0 Å². The normalized spacial score (nSPS) is 17.8. The van der Waals surface area contributed by atoms with Crippen molar-refractivity contribution in [2.24, 2.45) is 5.92 Å². The Morgan fingerprint density at radius 1 is 1.31 bits per heavy atom. The number of aliphatic hydroxyl groups excluding tert-OH is 1. The molecule has 0 saturated carbocycles. The molecular formula is C11H14N4O. The molecule has 16 heavy (non-hydrogen) atoms. The average Bonchev–Trinajstić information content (AvgIpc) is 2.69. The monoisotopic (exact) mass is 218 g/mol. The van der Waals surface area contributed by atoms with E-state index in [9.17, 15) is 0 Å². The van der Waals surface area contributed by atoms with Crippen LogP contribution < -0.4 is 0 Å². The van der Waals surface area contributed by atoms with Gasteiger partial charge in [-0.1, -0.05) is 6.07 Å². The molecule has 2 N–H and O–H groups in total. The summed E-state index contributed by atoms with van der Waals surface area (Å²) in [5.74, 6) is 0.468. The first-order valence-electron chi connectivity index (χ1n) is 5.48. The Hall–Kier alpha value is -1.46. The Kier molecular flexibility index (Phi) is 2.34. The van der Waals surface area contributed by atoms with Crippen LogP contribution in [-0.2, 0) is 6.54 Å². The zero-order valence-electron chi connectivity index (χ0n) is 8.93. The van der Waals surface area contributed by atoms with Crippen LogP contribution in [0, 0.1) is 5.92 Å². The predicted octanol–water partition coefficient (Wildman–Crippen LogP) is 0.382. The second-order valence-electron chi connectivity index (χ2n) is 4.39. The van der Waals surface area contributed by atoms with E-state index >= 15 is 0 Å². The fourth-order valence-corrected chi connectivity index (χ4v) is 2.16. The van der Waals surface area contributed by atoms with Crippen molar-refractivity contribution in [3.05, 3.63) is 23.8 Å². The Morgan fingerprint density at radius 2 is 2.12 bits per heavy atom. The molecule has 1 saturated heterocycles. The van der Waals surface area contributed by atoms with Crippen LogP contribution in [0.25, 0.3) is 11.0 Å². The standard InChI is InChI=1S/C11H14N4O/c16-7-9-5-15(6-9)4-8-1-2-10-11(3-8)13-14-12-10/h1-3,9,16H,4-7H2,(H,12,13,14). The van der Waals surface area contributed by atoms with Crippen LogP contribution in [0.1, 0.15) is 5.56 Å². The molecule has 1 aliphatic heterocycles. The highest BCUT2D eigenvalue weighted by atomic mass is 16.3. The summed E-state index contributed by atoms with van der Waals surface area (Å²) >= 11 is 0. The van der Waals surface area contributed by atoms with Gasteiger partial charge in [0.15, 0.2) is 0 Å². The Balaban J connectivity index is 1.70.